The number of hydrogen-bond donors (Lipinski definition) is 2. The number of carbonyl (C=O) groups is 1. The average molecular weight is 493 g/mol. The number of ether oxygens (including phenoxy) is 1. The number of hydrogen-bond acceptors (Lipinski definition) is 5. The van der Waals surface area contributed by atoms with Crippen molar-refractivity contribution < 1.29 is 23.4 Å². The normalized spacial score (nSPS) is 11.7. The van der Waals surface area contributed by atoms with Crippen molar-refractivity contribution in [3.63, 3.8) is 0 Å². The lowest BCUT2D eigenvalue weighted by Crippen LogP contribution is -2.22. The van der Waals surface area contributed by atoms with Gasteiger partial charge in [-0.1, -0.05) is 6.07 Å². The zero-order valence-corrected chi connectivity index (χ0v) is 21.2. The summed E-state index contributed by atoms with van der Waals surface area (Å²) < 4.78 is 27.5. The Bertz CT molecular complexity index is 1520. The van der Waals surface area contributed by atoms with Gasteiger partial charge >= 0.3 is 0 Å². The summed E-state index contributed by atoms with van der Waals surface area (Å²) in [7, 11) is 1.61. The number of carbonyl (C=O) groups excluding carboxylic acids is 1. The largest absolute Gasteiger partial charge is 0.456 e. The van der Waals surface area contributed by atoms with Crippen molar-refractivity contribution in [1.29, 1.82) is 0 Å². The molecule has 0 saturated carbocycles. The number of aliphatic hydroxyl groups is 1. The molecule has 1 amide bonds. The van der Waals surface area contributed by atoms with Crippen LogP contribution in [-0.2, 0) is 12.6 Å². The summed E-state index contributed by atoms with van der Waals surface area (Å²) in [6.07, 6.45) is 1.61. The van der Waals surface area contributed by atoms with E-state index in [0.29, 0.717) is 45.9 Å². The average Bonchev–Trinajstić information content (AvgIpc) is 3.24. The van der Waals surface area contributed by atoms with Gasteiger partial charge < -0.3 is 24.1 Å². The molecule has 0 radical (unpaired) electrons. The Hall–Kier alpha value is -3.91. The Morgan fingerprint density at radius 2 is 1.81 bits per heavy atom. The summed E-state index contributed by atoms with van der Waals surface area (Å²) in [5.41, 5.74) is 1.62. The first-order valence-electron chi connectivity index (χ1n) is 11.6. The van der Waals surface area contributed by atoms with E-state index in [4.69, 9.17) is 9.15 Å². The molecule has 0 aliphatic carbocycles. The highest BCUT2D eigenvalue weighted by Gasteiger charge is 2.24. The van der Waals surface area contributed by atoms with Gasteiger partial charge in [-0.25, -0.2) is 4.39 Å². The van der Waals surface area contributed by atoms with Gasteiger partial charge in [-0.05, 0) is 75.6 Å². The van der Waals surface area contributed by atoms with Gasteiger partial charge in [0.1, 0.15) is 22.9 Å². The molecule has 2 aromatic heterocycles. The molecule has 188 valence electrons. The molecular formula is C28H29FN2O5. The number of nitrogens with one attached hydrogen (secondary N) is 1. The Balaban J connectivity index is 2.00. The molecule has 2 N–H and O–H groups in total. The number of pyridine rings is 1. The van der Waals surface area contributed by atoms with Gasteiger partial charge in [0.2, 0.25) is 0 Å². The van der Waals surface area contributed by atoms with Crippen LogP contribution in [0.2, 0.25) is 0 Å². The fourth-order valence-electron chi connectivity index (χ4n) is 4.18. The smallest absolute Gasteiger partial charge is 0.287 e. The van der Waals surface area contributed by atoms with Crippen LogP contribution in [0.25, 0.3) is 22.1 Å². The van der Waals surface area contributed by atoms with E-state index in [-0.39, 0.29) is 28.1 Å². The van der Waals surface area contributed by atoms with Crippen molar-refractivity contribution in [1.82, 2.24) is 9.88 Å². The summed E-state index contributed by atoms with van der Waals surface area (Å²) in [5.74, 6) is 0.140. The molecule has 0 fully saturated rings. The lowest BCUT2D eigenvalue weighted by molar-refractivity contribution is 0.0786. The standard InChI is InChI=1S/C28H29FN2O5/c1-7-30-26(32)23-13-20-25(36-23)21(14-31(6)27(20)33)19-12-17(28(4,5)34)8-9-22(19)35-24-15(2)10-18(29)11-16(24)3/h8-14,34H,7H2,1-6H3,(H,30,32). The topological polar surface area (TPSA) is 93.7 Å². The second-order valence-corrected chi connectivity index (χ2v) is 9.41. The van der Waals surface area contributed by atoms with Gasteiger partial charge in [-0.15, -0.1) is 0 Å². The molecule has 4 rings (SSSR count). The van der Waals surface area contributed by atoms with E-state index in [1.54, 1.807) is 66.1 Å². The van der Waals surface area contributed by atoms with Gasteiger partial charge in [0.25, 0.3) is 11.5 Å². The Morgan fingerprint density at radius 3 is 2.42 bits per heavy atom. The van der Waals surface area contributed by atoms with Crippen molar-refractivity contribution in [2.45, 2.75) is 40.2 Å². The maximum absolute atomic E-state index is 13.9. The molecule has 7 nitrogen and oxygen atoms in total. The predicted molar refractivity (Wildman–Crippen MR) is 136 cm³/mol. The third-order valence-electron chi connectivity index (χ3n) is 6.02. The van der Waals surface area contributed by atoms with E-state index in [0.717, 1.165) is 0 Å². The molecule has 2 aromatic carbocycles. The second kappa shape index (κ2) is 9.28. The molecule has 0 bridgehead atoms. The first-order chi connectivity index (χ1) is 16.9. The van der Waals surface area contributed by atoms with Crippen LogP contribution in [0.4, 0.5) is 4.39 Å². The van der Waals surface area contributed by atoms with Gasteiger partial charge in [0, 0.05) is 37.0 Å². The van der Waals surface area contributed by atoms with E-state index in [1.807, 2.05) is 0 Å². The zero-order valence-electron chi connectivity index (χ0n) is 21.2. The van der Waals surface area contributed by atoms with Crippen LogP contribution < -0.4 is 15.6 Å². The quantitative estimate of drug-likeness (QED) is 0.380. The highest BCUT2D eigenvalue weighted by atomic mass is 19.1. The highest BCUT2D eigenvalue weighted by Crippen LogP contribution is 2.41. The molecular weight excluding hydrogens is 463 g/mol. The molecule has 36 heavy (non-hydrogen) atoms. The summed E-state index contributed by atoms with van der Waals surface area (Å²) in [5, 5.41) is 13.6. The molecule has 0 unspecified atom stereocenters. The van der Waals surface area contributed by atoms with E-state index in [2.05, 4.69) is 5.32 Å². The number of furan rings is 1. The first-order valence-corrected chi connectivity index (χ1v) is 11.6. The summed E-state index contributed by atoms with van der Waals surface area (Å²) in [6, 6.07) is 9.44. The van der Waals surface area contributed by atoms with Gasteiger partial charge in [0.15, 0.2) is 5.76 Å². The number of nitrogens with zero attached hydrogens (tertiary/aromatic N) is 1. The third-order valence-corrected chi connectivity index (χ3v) is 6.02. The number of aromatic nitrogens is 1. The minimum absolute atomic E-state index is 0.0164. The number of rotatable bonds is 6. The van der Waals surface area contributed by atoms with Gasteiger partial charge in [0.05, 0.1) is 11.0 Å². The van der Waals surface area contributed by atoms with Crippen LogP contribution >= 0.6 is 0 Å². The van der Waals surface area contributed by atoms with Crippen molar-refractivity contribution in [2.24, 2.45) is 7.05 Å². The maximum Gasteiger partial charge on any atom is 0.287 e. The van der Waals surface area contributed by atoms with Crippen LogP contribution in [0, 0.1) is 19.7 Å². The van der Waals surface area contributed by atoms with E-state index < -0.39 is 11.5 Å². The van der Waals surface area contributed by atoms with E-state index in [1.165, 1.54) is 22.8 Å². The minimum Gasteiger partial charge on any atom is -0.456 e. The Morgan fingerprint density at radius 1 is 1.14 bits per heavy atom. The highest BCUT2D eigenvalue weighted by molar-refractivity contribution is 6.00. The number of amides is 1. The van der Waals surface area contributed by atoms with Crippen molar-refractivity contribution in [3.8, 4) is 22.6 Å². The number of aryl methyl sites for hydroxylation is 3. The predicted octanol–water partition coefficient (Wildman–Crippen LogP) is 5.32. The van der Waals surface area contributed by atoms with Crippen LogP contribution in [0.15, 0.2) is 51.8 Å². The van der Waals surface area contributed by atoms with Crippen LogP contribution in [0.1, 0.15) is 48.0 Å². The lowest BCUT2D eigenvalue weighted by Gasteiger charge is -2.21. The Labute approximate surface area is 208 Å². The molecule has 0 saturated heterocycles. The third kappa shape index (κ3) is 4.64. The summed E-state index contributed by atoms with van der Waals surface area (Å²) >= 11 is 0. The fraction of sp³-hybridized carbons (Fsp3) is 0.286. The molecule has 0 spiro atoms. The van der Waals surface area contributed by atoms with Gasteiger partial charge in [-0.3, -0.25) is 9.59 Å². The van der Waals surface area contributed by atoms with Crippen LogP contribution in [0.5, 0.6) is 11.5 Å². The first kappa shape index (κ1) is 25.2. The fourth-order valence-corrected chi connectivity index (χ4v) is 4.18. The molecule has 4 aromatic rings. The van der Waals surface area contributed by atoms with Crippen molar-refractivity contribution in [2.75, 3.05) is 6.54 Å². The van der Waals surface area contributed by atoms with E-state index >= 15 is 0 Å². The van der Waals surface area contributed by atoms with Crippen LogP contribution in [0.3, 0.4) is 0 Å². The van der Waals surface area contributed by atoms with E-state index in [9.17, 15) is 19.1 Å². The SMILES string of the molecule is CCNC(=O)c1cc2c(=O)n(C)cc(-c3cc(C(C)(C)O)ccc3Oc3c(C)cc(F)cc3C)c2o1. The number of halogens is 1. The van der Waals surface area contributed by atoms with Gasteiger partial charge in [-0.2, -0.15) is 0 Å². The Kier molecular flexibility index (Phi) is 6.49. The minimum atomic E-state index is -1.16. The molecule has 8 heteroatoms. The lowest BCUT2D eigenvalue weighted by atomic mass is 9.93. The molecule has 2 heterocycles. The second-order valence-electron chi connectivity index (χ2n) is 9.41. The summed E-state index contributed by atoms with van der Waals surface area (Å²) in [4.78, 5) is 25.3. The van der Waals surface area contributed by atoms with Crippen molar-refractivity contribution >= 4 is 16.9 Å². The number of benzene rings is 2. The molecule has 0 aliphatic rings. The number of fused-ring (bicyclic) bond motifs is 1. The molecule has 0 atom stereocenters. The zero-order chi connectivity index (χ0) is 26.4. The summed E-state index contributed by atoms with van der Waals surface area (Å²) in [6.45, 7) is 9.03. The maximum atomic E-state index is 13.9. The van der Waals surface area contributed by atoms with Crippen LogP contribution in [-0.4, -0.2) is 22.1 Å². The monoisotopic (exact) mass is 492 g/mol. The molecule has 0 aliphatic heterocycles. The van der Waals surface area contributed by atoms with Crippen molar-refractivity contribution in [3.05, 3.63) is 81.2 Å².